The number of nitrogens with two attached hydrogens (primary N) is 1. The van der Waals surface area contributed by atoms with E-state index in [1.807, 2.05) is 12.1 Å². The molecule has 1 amide bonds. The highest BCUT2D eigenvalue weighted by Crippen LogP contribution is 2.44. The number of nitrogens with zero attached hydrogens (tertiary/aromatic N) is 1. The van der Waals surface area contributed by atoms with Crippen LogP contribution >= 0.6 is 23.2 Å². The standard InChI is InChI=1S/C23H18Cl2N2O3/c24-16-5-1-14(2-6-16)13-27-20-10-7-17(25)11-19(20)23(30,22(27)29)12-21(28)15-3-8-18(26)9-4-15/h1-11,30H,12-13,26H2. The summed E-state index contributed by atoms with van der Waals surface area (Å²) in [5.41, 5.74) is 6.23. The topological polar surface area (TPSA) is 83.6 Å². The average Bonchev–Trinajstić information content (AvgIpc) is 2.91. The number of fused-ring (bicyclic) bond motifs is 1. The molecule has 0 aromatic heterocycles. The second-order valence-electron chi connectivity index (χ2n) is 7.26. The maximum atomic E-state index is 13.3. The molecule has 0 saturated heterocycles. The van der Waals surface area contributed by atoms with Gasteiger partial charge in [-0.15, -0.1) is 0 Å². The highest BCUT2D eigenvalue weighted by Gasteiger charge is 2.51. The van der Waals surface area contributed by atoms with Gasteiger partial charge < -0.3 is 15.7 Å². The Morgan fingerprint density at radius 2 is 1.60 bits per heavy atom. The Bertz CT molecular complexity index is 1130. The largest absolute Gasteiger partial charge is 0.399 e. The van der Waals surface area contributed by atoms with Crippen LogP contribution in [0.3, 0.4) is 0 Å². The van der Waals surface area contributed by atoms with E-state index < -0.39 is 17.9 Å². The first kappa shape index (κ1) is 20.4. The maximum Gasteiger partial charge on any atom is 0.264 e. The molecule has 0 radical (unpaired) electrons. The lowest BCUT2D eigenvalue weighted by atomic mass is 9.88. The Morgan fingerprint density at radius 3 is 2.27 bits per heavy atom. The van der Waals surface area contributed by atoms with Crippen LogP contribution in [-0.2, 0) is 16.9 Å². The van der Waals surface area contributed by atoms with Gasteiger partial charge in [-0.3, -0.25) is 9.59 Å². The van der Waals surface area contributed by atoms with Crippen LogP contribution < -0.4 is 10.6 Å². The molecule has 4 rings (SSSR count). The molecule has 3 aromatic carbocycles. The van der Waals surface area contributed by atoms with Crippen molar-refractivity contribution in [2.75, 3.05) is 10.6 Å². The summed E-state index contributed by atoms with van der Waals surface area (Å²) < 4.78 is 0. The first-order chi connectivity index (χ1) is 14.3. The molecule has 1 aliphatic heterocycles. The average molecular weight is 441 g/mol. The monoisotopic (exact) mass is 440 g/mol. The van der Waals surface area contributed by atoms with E-state index in [0.29, 0.717) is 32.5 Å². The van der Waals surface area contributed by atoms with Gasteiger partial charge in [0.25, 0.3) is 5.91 Å². The highest BCUT2D eigenvalue weighted by molar-refractivity contribution is 6.31. The zero-order valence-electron chi connectivity index (χ0n) is 15.8. The summed E-state index contributed by atoms with van der Waals surface area (Å²) in [5.74, 6) is -0.941. The van der Waals surface area contributed by atoms with Crippen LogP contribution in [0.2, 0.25) is 10.0 Å². The van der Waals surface area contributed by atoms with Crippen LogP contribution in [0.1, 0.15) is 27.9 Å². The number of anilines is 2. The Labute approximate surface area is 183 Å². The van der Waals surface area contributed by atoms with E-state index in [-0.39, 0.29) is 12.3 Å². The number of ketones is 1. The van der Waals surface area contributed by atoms with Crippen molar-refractivity contribution in [3.8, 4) is 0 Å². The molecule has 7 heteroatoms. The summed E-state index contributed by atoms with van der Waals surface area (Å²) in [5, 5.41) is 12.4. The predicted octanol–water partition coefficient (Wildman–Crippen LogP) is 4.58. The van der Waals surface area contributed by atoms with Crippen molar-refractivity contribution in [3.05, 3.63) is 93.5 Å². The lowest BCUT2D eigenvalue weighted by molar-refractivity contribution is -0.136. The summed E-state index contributed by atoms with van der Waals surface area (Å²) >= 11 is 12.1. The van der Waals surface area contributed by atoms with Crippen molar-refractivity contribution >= 4 is 46.3 Å². The lowest BCUT2D eigenvalue weighted by Crippen LogP contribution is -2.41. The summed E-state index contributed by atoms with van der Waals surface area (Å²) in [6.45, 7) is 0.225. The van der Waals surface area contributed by atoms with Gasteiger partial charge in [0.05, 0.1) is 18.7 Å². The van der Waals surface area contributed by atoms with E-state index in [1.54, 1.807) is 48.5 Å². The molecule has 1 unspecified atom stereocenters. The minimum atomic E-state index is -2.01. The van der Waals surface area contributed by atoms with Crippen molar-refractivity contribution in [1.82, 2.24) is 0 Å². The van der Waals surface area contributed by atoms with Gasteiger partial charge in [0, 0.05) is 26.9 Å². The summed E-state index contributed by atoms with van der Waals surface area (Å²) in [4.78, 5) is 27.6. The third kappa shape index (κ3) is 3.67. The van der Waals surface area contributed by atoms with Crippen molar-refractivity contribution < 1.29 is 14.7 Å². The molecule has 0 saturated carbocycles. The van der Waals surface area contributed by atoms with Crippen LogP contribution in [0.25, 0.3) is 0 Å². The predicted molar refractivity (Wildman–Crippen MR) is 118 cm³/mol. The van der Waals surface area contributed by atoms with E-state index >= 15 is 0 Å². The molecule has 5 nitrogen and oxygen atoms in total. The third-order valence-corrected chi connectivity index (χ3v) is 5.68. The second-order valence-corrected chi connectivity index (χ2v) is 8.13. The molecule has 152 valence electrons. The minimum absolute atomic E-state index is 0.225. The van der Waals surface area contributed by atoms with Crippen LogP contribution in [0.15, 0.2) is 66.7 Å². The molecule has 30 heavy (non-hydrogen) atoms. The van der Waals surface area contributed by atoms with Gasteiger partial charge in [-0.05, 0) is 60.2 Å². The highest BCUT2D eigenvalue weighted by atomic mass is 35.5. The number of carbonyl (C=O) groups excluding carboxylic acids is 2. The molecule has 1 heterocycles. The Hall–Kier alpha value is -2.86. The van der Waals surface area contributed by atoms with E-state index in [4.69, 9.17) is 28.9 Å². The smallest absolute Gasteiger partial charge is 0.264 e. The van der Waals surface area contributed by atoms with Crippen LogP contribution in [0, 0.1) is 0 Å². The molecule has 0 fully saturated rings. The first-order valence-electron chi connectivity index (χ1n) is 9.25. The van der Waals surface area contributed by atoms with Crippen LogP contribution in [0.4, 0.5) is 11.4 Å². The second kappa shape index (κ2) is 7.76. The number of rotatable bonds is 5. The minimum Gasteiger partial charge on any atom is -0.399 e. The SMILES string of the molecule is Nc1ccc(C(=O)CC2(O)C(=O)N(Cc3ccc(Cl)cc3)c3ccc(Cl)cc32)cc1. The zero-order valence-corrected chi connectivity index (χ0v) is 17.3. The number of amides is 1. The van der Waals surface area contributed by atoms with Crippen molar-refractivity contribution in [3.63, 3.8) is 0 Å². The molecule has 1 aliphatic rings. The molecule has 1 atom stereocenters. The molecule has 0 aliphatic carbocycles. The summed E-state index contributed by atoms with van der Waals surface area (Å²) in [6.07, 6.45) is -0.403. The molecule has 3 aromatic rings. The fourth-order valence-electron chi connectivity index (χ4n) is 3.63. The van der Waals surface area contributed by atoms with Crippen LogP contribution in [0.5, 0.6) is 0 Å². The number of carbonyl (C=O) groups is 2. The zero-order chi connectivity index (χ0) is 21.5. The number of benzene rings is 3. The lowest BCUT2D eigenvalue weighted by Gasteiger charge is -2.23. The summed E-state index contributed by atoms with van der Waals surface area (Å²) in [6, 6.07) is 18.3. The fourth-order valence-corrected chi connectivity index (χ4v) is 3.92. The fraction of sp³-hybridized carbons (Fsp3) is 0.130. The van der Waals surface area contributed by atoms with Gasteiger partial charge in [0.1, 0.15) is 0 Å². The van der Waals surface area contributed by atoms with Crippen molar-refractivity contribution in [1.29, 1.82) is 0 Å². The molecule has 0 spiro atoms. The number of hydrogen-bond donors (Lipinski definition) is 2. The molecule has 0 bridgehead atoms. The normalized spacial score (nSPS) is 17.8. The van der Waals surface area contributed by atoms with Gasteiger partial charge in [0.15, 0.2) is 11.4 Å². The van der Waals surface area contributed by atoms with E-state index in [2.05, 4.69) is 0 Å². The number of halogens is 2. The van der Waals surface area contributed by atoms with Gasteiger partial charge in [-0.25, -0.2) is 0 Å². The van der Waals surface area contributed by atoms with E-state index in [9.17, 15) is 14.7 Å². The van der Waals surface area contributed by atoms with Crippen molar-refractivity contribution in [2.45, 2.75) is 18.6 Å². The number of Topliss-reactive ketones (excluding diaryl/α,β-unsaturated/α-hetero) is 1. The number of aliphatic hydroxyl groups is 1. The third-order valence-electron chi connectivity index (χ3n) is 5.20. The van der Waals surface area contributed by atoms with Gasteiger partial charge in [-0.2, -0.15) is 0 Å². The molecular formula is C23H18Cl2N2O3. The Balaban J connectivity index is 1.70. The van der Waals surface area contributed by atoms with Gasteiger partial charge >= 0.3 is 0 Å². The first-order valence-corrected chi connectivity index (χ1v) is 10.0. The Morgan fingerprint density at radius 1 is 0.967 bits per heavy atom. The summed E-state index contributed by atoms with van der Waals surface area (Å²) in [7, 11) is 0. The van der Waals surface area contributed by atoms with E-state index in [1.165, 1.54) is 11.0 Å². The number of hydrogen-bond acceptors (Lipinski definition) is 4. The maximum absolute atomic E-state index is 13.3. The molecule has 3 N–H and O–H groups in total. The Kier molecular flexibility index (Phi) is 5.28. The van der Waals surface area contributed by atoms with Crippen LogP contribution in [-0.4, -0.2) is 16.8 Å². The van der Waals surface area contributed by atoms with Crippen molar-refractivity contribution in [2.24, 2.45) is 0 Å². The van der Waals surface area contributed by atoms with Gasteiger partial charge in [0.2, 0.25) is 0 Å². The molecular weight excluding hydrogens is 423 g/mol. The van der Waals surface area contributed by atoms with E-state index in [0.717, 1.165) is 5.56 Å². The number of nitrogen functional groups attached to an aromatic ring is 1. The van der Waals surface area contributed by atoms with Gasteiger partial charge in [-0.1, -0.05) is 35.3 Å². The quantitative estimate of drug-likeness (QED) is 0.449.